The molecule has 0 spiro atoms. The number of nitrogens with zero attached hydrogens (tertiary/aromatic N) is 2. The summed E-state index contributed by atoms with van der Waals surface area (Å²) in [6.07, 6.45) is 6.55. The maximum atomic E-state index is 11.6. The van der Waals surface area contributed by atoms with Gasteiger partial charge in [-0.25, -0.2) is 0 Å². The van der Waals surface area contributed by atoms with Gasteiger partial charge in [0.15, 0.2) is 5.96 Å². The van der Waals surface area contributed by atoms with Gasteiger partial charge >= 0.3 is 0 Å². The molecule has 1 saturated carbocycles. The van der Waals surface area contributed by atoms with Crippen LogP contribution in [0.5, 0.6) is 0 Å². The molecular weight excluding hydrogens is 469 g/mol. The minimum atomic E-state index is 0. The molecule has 164 valence electrons. The summed E-state index contributed by atoms with van der Waals surface area (Å²) in [6.45, 7) is 11.0. The first-order valence-corrected chi connectivity index (χ1v) is 10.6. The van der Waals surface area contributed by atoms with Crippen molar-refractivity contribution < 1.29 is 9.53 Å². The zero-order chi connectivity index (χ0) is 19.5. The SMILES string of the molecule is CN=C(NCCNC(=O)C(C)C)NCC1(CN2CCOCC2)CCCCC1.I. The van der Waals surface area contributed by atoms with E-state index in [0.29, 0.717) is 18.5 Å². The highest BCUT2D eigenvalue weighted by molar-refractivity contribution is 14.0. The minimum Gasteiger partial charge on any atom is -0.379 e. The van der Waals surface area contributed by atoms with Gasteiger partial charge in [0.1, 0.15) is 0 Å². The number of halogens is 1. The Kier molecular flexibility index (Phi) is 12.3. The molecule has 2 fully saturated rings. The van der Waals surface area contributed by atoms with Crippen molar-refractivity contribution in [1.29, 1.82) is 0 Å². The molecule has 1 amide bonds. The number of hydrogen-bond donors (Lipinski definition) is 3. The van der Waals surface area contributed by atoms with Crippen LogP contribution in [0.25, 0.3) is 0 Å². The fourth-order valence-electron chi connectivity index (χ4n) is 3.99. The van der Waals surface area contributed by atoms with Crippen LogP contribution >= 0.6 is 24.0 Å². The van der Waals surface area contributed by atoms with Crippen LogP contribution in [0.4, 0.5) is 0 Å². The molecule has 3 N–H and O–H groups in total. The first-order valence-electron chi connectivity index (χ1n) is 10.6. The van der Waals surface area contributed by atoms with E-state index in [4.69, 9.17) is 4.74 Å². The van der Waals surface area contributed by atoms with Gasteiger partial charge in [0.05, 0.1) is 13.2 Å². The van der Waals surface area contributed by atoms with Crippen molar-refractivity contribution in [3.05, 3.63) is 0 Å². The summed E-state index contributed by atoms with van der Waals surface area (Å²) in [6, 6.07) is 0. The van der Waals surface area contributed by atoms with Gasteiger partial charge in [-0.2, -0.15) is 0 Å². The molecule has 1 saturated heterocycles. The predicted octanol–water partition coefficient (Wildman–Crippen LogP) is 1.82. The second-order valence-corrected chi connectivity index (χ2v) is 8.25. The Balaban J connectivity index is 0.00000392. The predicted molar refractivity (Wildman–Crippen MR) is 125 cm³/mol. The van der Waals surface area contributed by atoms with Gasteiger partial charge in [0.25, 0.3) is 0 Å². The summed E-state index contributed by atoms with van der Waals surface area (Å²) in [5, 5.41) is 9.79. The number of morpholine rings is 1. The van der Waals surface area contributed by atoms with Gasteiger partial charge < -0.3 is 20.7 Å². The zero-order valence-corrected chi connectivity index (χ0v) is 20.2. The Bertz CT molecular complexity index is 475. The molecule has 2 rings (SSSR count). The number of carbonyl (C=O) groups excluding carboxylic acids is 1. The zero-order valence-electron chi connectivity index (χ0n) is 17.9. The number of aliphatic imine (C=N–C) groups is 1. The van der Waals surface area contributed by atoms with Crippen LogP contribution in [0.1, 0.15) is 46.0 Å². The molecule has 1 heterocycles. The second-order valence-electron chi connectivity index (χ2n) is 8.25. The largest absolute Gasteiger partial charge is 0.379 e. The van der Waals surface area contributed by atoms with Crippen molar-refractivity contribution in [2.24, 2.45) is 16.3 Å². The molecular formula is C20H40IN5O2. The lowest BCUT2D eigenvalue weighted by Crippen LogP contribution is -2.51. The molecule has 7 nitrogen and oxygen atoms in total. The molecule has 0 atom stereocenters. The standard InChI is InChI=1S/C20H39N5O2.HI/c1-17(2)18(26)22-9-10-23-19(21-3)24-15-20(7-5-4-6-8-20)16-25-11-13-27-14-12-25;/h17H,4-16H2,1-3H3,(H,22,26)(H2,21,23,24);1H. The summed E-state index contributed by atoms with van der Waals surface area (Å²) in [5.74, 6) is 0.931. The Hall–Kier alpha value is -0.610. The fraction of sp³-hybridized carbons (Fsp3) is 0.900. The maximum Gasteiger partial charge on any atom is 0.222 e. The highest BCUT2D eigenvalue weighted by Gasteiger charge is 2.34. The molecule has 0 unspecified atom stereocenters. The van der Waals surface area contributed by atoms with Gasteiger partial charge in [0, 0.05) is 57.6 Å². The topological polar surface area (TPSA) is 78.0 Å². The Morgan fingerprint density at radius 3 is 2.32 bits per heavy atom. The lowest BCUT2D eigenvalue weighted by molar-refractivity contribution is -0.123. The summed E-state index contributed by atoms with van der Waals surface area (Å²) in [7, 11) is 1.80. The van der Waals surface area contributed by atoms with Crippen LogP contribution in [-0.4, -0.2) is 76.3 Å². The van der Waals surface area contributed by atoms with Crippen LogP contribution in [0.15, 0.2) is 4.99 Å². The quantitative estimate of drug-likeness (QED) is 0.202. The van der Waals surface area contributed by atoms with Crippen LogP contribution in [0, 0.1) is 11.3 Å². The van der Waals surface area contributed by atoms with Crippen LogP contribution in [-0.2, 0) is 9.53 Å². The fourth-order valence-corrected chi connectivity index (χ4v) is 3.99. The van der Waals surface area contributed by atoms with E-state index in [0.717, 1.165) is 45.4 Å². The summed E-state index contributed by atoms with van der Waals surface area (Å²) < 4.78 is 5.51. The normalized spacial score (nSPS) is 20.4. The lowest BCUT2D eigenvalue weighted by Gasteiger charge is -2.42. The molecule has 0 radical (unpaired) electrons. The molecule has 0 aromatic carbocycles. The molecule has 0 aromatic rings. The summed E-state index contributed by atoms with van der Waals surface area (Å²) in [5.41, 5.74) is 0.319. The average Bonchev–Trinajstić information content (AvgIpc) is 2.68. The van der Waals surface area contributed by atoms with Gasteiger partial charge in [-0.15, -0.1) is 24.0 Å². The highest BCUT2D eigenvalue weighted by atomic mass is 127. The molecule has 28 heavy (non-hydrogen) atoms. The molecule has 1 aliphatic carbocycles. The summed E-state index contributed by atoms with van der Waals surface area (Å²) >= 11 is 0. The first-order chi connectivity index (χ1) is 13.0. The monoisotopic (exact) mass is 509 g/mol. The van der Waals surface area contributed by atoms with Crippen molar-refractivity contribution >= 4 is 35.8 Å². The van der Waals surface area contributed by atoms with E-state index in [-0.39, 0.29) is 35.8 Å². The minimum absolute atomic E-state index is 0. The number of rotatable bonds is 8. The van der Waals surface area contributed by atoms with Gasteiger partial charge in [0.2, 0.25) is 5.91 Å². The smallest absolute Gasteiger partial charge is 0.222 e. The maximum absolute atomic E-state index is 11.6. The highest BCUT2D eigenvalue weighted by Crippen LogP contribution is 2.36. The van der Waals surface area contributed by atoms with Crippen molar-refractivity contribution in [2.45, 2.75) is 46.0 Å². The number of amides is 1. The number of nitrogens with one attached hydrogen (secondary N) is 3. The Morgan fingerprint density at radius 1 is 1.07 bits per heavy atom. The third kappa shape index (κ3) is 8.82. The third-order valence-electron chi connectivity index (χ3n) is 5.67. The average molecular weight is 509 g/mol. The molecule has 0 bridgehead atoms. The van der Waals surface area contributed by atoms with Crippen LogP contribution < -0.4 is 16.0 Å². The number of carbonyl (C=O) groups is 1. The van der Waals surface area contributed by atoms with Crippen LogP contribution in [0.3, 0.4) is 0 Å². The molecule has 0 aromatic heterocycles. The Morgan fingerprint density at radius 2 is 1.71 bits per heavy atom. The lowest BCUT2D eigenvalue weighted by atomic mass is 9.73. The van der Waals surface area contributed by atoms with Crippen molar-refractivity contribution in [3.8, 4) is 0 Å². The van der Waals surface area contributed by atoms with Crippen molar-refractivity contribution in [1.82, 2.24) is 20.9 Å². The van der Waals surface area contributed by atoms with E-state index in [1.165, 1.54) is 32.1 Å². The van der Waals surface area contributed by atoms with Crippen molar-refractivity contribution in [2.75, 3.05) is 59.5 Å². The van der Waals surface area contributed by atoms with E-state index in [2.05, 4.69) is 25.8 Å². The van der Waals surface area contributed by atoms with Crippen LogP contribution in [0.2, 0.25) is 0 Å². The van der Waals surface area contributed by atoms with E-state index in [1.54, 1.807) is 7.05 Å². The number of hydrogen-bond acceptors (Lipinski definition) is 4. The molecule has 1 aliphatic heterocycles. The van der Waals surface area contributed by atoms with E-state index < -0.39 is 0 Å². The third-order valence-corrected chi connectivity index (χ3v) is 5.67. The Labute approximate surface area is 187 Å². The van der Waals surface area contributed by atoms with E-state index >= 15 is 0 Å². The van der Waals surface area contributed by atoms with Gasteiger partial charge in [-0.3, -0.25) is 14.7 Å². The van der Waals surface area contributed by atoms with Gasteiger partial charge in [-0.05, 0) is 12.8 Å². The van der Waals surface area contributed by atoms with E-state index in [1.807, 2.05) is 13.8 Å². The number of ether oxygens (including phenoxy) is 1. The van der Waals surface area contributed by atoms with Gasteiger partial charge in [-0.1, -0.05) is 33.1 Å². The molecule has 8 heteroatoms. The molecule has 2 aliphatic rings. The first kappa shape index (κ1) is 25.4. The van der Waals surface area contributed by atoms with E-state index in [9.17, 15) is 4.79 Å². The summed E-state index contributed by atoms with van der Waals surface area (Å²) in [4.78, 5) is 18.5. The number of guanidine groups is 1. The second kappa shape index (κ2) is 13.6. The van der Waals surface area contributed by atoms with Crippen molar-refractivity contribution in [3.63, 3.8) is 0 Å².